The van der Waals surface area contributed by atoms with Crippen molar-refractivity contribution in [2.24, 2.45) is 5.73 Å². The number of carbonyl (C=O) groups is 2. The van der Waals surface area contributed by atoms with Crippen LogP contribution in [0.3, 0.4) is 0 Å². The summed E-state index contributed by atoms with van der Waals surface area (Å²) in [6.07, 6.45) is 1.79. The van der Waals surface area contributed by atoms with Crippen LogP contribution in [0.1, 0.15) is 16.1 Å². The minimum atomic E-state index is -0.818. The summed E-state index contributed by atoms with van der Waals surface area (Å²) in [6, 6.07) is 11.4. The molecule has 114 valence electrons. The Hall–Kier alpha value is -2.89. The number of methoxy groups -OCH3 is 1. The van der Waals surface area contributed by atoms with Gasteiger partial charge >= 0.3 is 0 Å². The monoisotopic (exact) mass is 299 g/mol. The molecule has 1 aromatic heterocycles. The Morgan fingerprint density at radius 3 is 2.73 bits per heavy atom. The quantitative estimate of drug-likeness (QED) is 0.829. The third kappa shape index (κ3) is 4.05. The number of nitrogens with two attached hydrogens (primary N) is 1. The highest BCUT2D eigenvalue weighted by molar-refractivity contribution is 5.95. The van der Waals surface area contributed by atoms with E-state index in [2.05, 4.69) is 10.3 Å². The van der Waals surface area contributed by atoms with Gasteiger partial charge in [-0.3, -0.25) is 14.6 Å². The Bertz CT molecular complexity index is 659. The van der Waals surface area contributed by atoms with E-state index < -0.39 is 17.9 Å². The van der Waals surface area contributed by atoms with Crippen molar-refractivity contribution in [3.05, 3.63) is 59.9 Å². The first-order valence-corrected chi connectivity index (χ1v) is 6.74. The molecule has 0 bridgehead atoms. The number of primary amides is 1. The molecule has 1 atom stereocenters. The number of benzene rings is 1. The van der Waals surface area contributed by atoms with Gasteiger partial charge in [0.1, 0.15) is 17.5 Å². The van der Waals surface area contributed by atoms with Crippen LogP contribution in [0.15, 0.2) is 48.7 Å². The lowest BCUT2D eigenvalue weighted by Gasteiger charge is -2.15. The fraction of sp³-hybridized carbons (Fsp3) is 0.188. The Morgan fingerprint density at radius 1 is 1.27 bits per heavy atom. The summed E-state index contributed by atoms with van der Waals surface area (Å²) in [5, 5.41) is 2.60. The molecule has 1 heterocycles. The number of nitrogens with one attached hydrogen (secondary N) is 1. The number of rotatable bonds is 6. The van der Waals surface area contributed by atoms with Crippen LogP contribution in [0, 0.1) is 0 Å². The molecule has 0 aliphatic heterocycles. The maximum atomic E-state index is 12.1. The molecule has 0 fully saturated rings. The van der Waals surface area contributed by atoms with E-state index >= 15 is 0 Å². The maximum Gasteiger partial charge on any atom is 0.270 e. The van der Waals surface area contributed by atoms with E-state index in [0.717, 1.165) is 5.56 Å². The van der Waals surface area contributed by atoms with Crippen LogP contribution in [0.4, 0.5) is 0 Å². The first-order chi connectivity index (χ1) is 10.6. The molecule has 2 aromatic rings. The number of hydrogen-bond donors (Lipinski definition) is 2. The topological polar surface area (TPSA) is 94.3 Å². The van der Waals surface area contributed by atoms with Crippen LogP contribution in [0.25, 0.3) is 0 Å². The fourth-order valence-corrected chi connectivity index (χ4v) is 1.99. The zero-order valence-corrected chi connectivity index (χ0v) is 12.2. The van der Waals surface area contributed by atoms with Crippen LogP contribution in [-0.2, 0) is 11.2 Å². The van der Waals surface area contributed by atoms with Crippen molar-refractivity contribution >= 4 is 11.8 Å². The first-order valence-electron chi connectivity index (χ1n) is 6.74. The molecule has 2 amide bonds. The van der Waals surface area contributed by atoms with Gasteiger partial charge in [-0.05, 0) is 29.8 Å². The number of hydrogen-bond acceptors (Lipinski definition) is 4. The maximum absolute atomic E-state index is 12.1. The first kappa shape index (κ1) is 15.5. The van der Waals surface area contributed by atoms with E-state index in [0.29, 0.717) is 5.75 Å². The minimum absolute atomic E-state index is 0.236. The van der Waals surface area contributed by atoms with Crippen molar-refractivity contribution in [1.82, 2.24) is 10.3 Å². The van der Waals surface area contributed by atoms with Gasteiger partial charge in [0.25, 0.3) is 5.91 Å². The number of nitrogens with zero attached hydrogens (tertiary/aromatic N) is 1. The van der Waals surface area contributed by atoms with Crippen LogP contribution < -0.4 is 15.8 Å². The molecule has 6 nitrogen and oxygen atoms in total. The van der Waals surface area contributed by atoms with Gasteiger partial charge in [-0.1, -0.05) is 18.2 Å². The molecule has 22 heavy (non-hydrogen) atoms. The summed E-state index contributed by atoms with van der Waals surface area (Å²) < 4.78 is 5.13. The SMILES string of the molecule is COc1cccc(C[C@@H](NC(=O)c2ccccn2)C(N)=O)c1. The molecule has 0 saturated heterocycles. The Labute approximate surface area is 128 Å². The van der Waals surface area contributed by atoms with Gasteiger partial charge in [0, 0.05) is 12.6 Å². The van der Waals surface area contributed by atoms with Crippen LogP contribution >= 0.6 is 0 Å². The summed E-state index contributed by atoms with van der Waals surface area (Å²) in [6.45, 7) is 0. The fourth-order valence-electron chi connectivity index (χ4n) is 1.99. The van der Waals surface area contributed by atoms with Crippen molar-refractivity contribution in [3.8, 4) is 5.75 Å². The second-order valence-corrected chi connectivity index (χ2v) is 4.70. The van der Waals surface area contributed by atoms with E-state index in [1.165, 1.54) is 6.20 Å². The number of carbonyl (C=O) groups excluding carboxylic acids is 2. The Balaban J connectivity index is 2.10. The van der Waals surface area contributed by atoms with Crippen molar-refractivity contribution < 1.29 is 14.3 Å². The van der Waals surface area contributed by atoms with Gasteiger partial charge in [0.05, 0.1) is 7.11 Å². The minimum Gasteiger partial charge on any atom is -0.497 e. The number of pyridine rings is 1. The molecule has 3 N–H and O–H groups in total. The second kappa shape index (κ2) is 7.21. The molecule has 2 rings (SSSR count). The van der Waals surface area contributed by atoms with Gasteiger partial charge in [0.15, 0.2) is 0 Å². The Morgan fingerprint density at radius 2 is 2.09 bits per heavy atom. The Kier molecular flexibility index (Phi) is 5.08. The molecule has 6 heteroatoms. The predicted molar refractivity (Wildman–Crippen MR) is 81.4 cm³/mol. The lowest BCUT2D eigenvalue weighted by molar-refractivity contribution is -0.119. The zero-order valence-electron chi connectivity index (χ0n) is 12.2. The highest BCUT2D eigenvalue weighted by Gasteiger charge is 2.20. The van der Waals surface area contributed by atoms with Gasteiger partial charge in [-0.2, -0.15) is 0 Å². The molecule has 0 saturated carbocycles. The van der Waals surface area contributed by atoms with E-state index in [-0.39, 0.29) is 12.1 Å². The highest BCUT2D eigenvalue weighted by Crippen LogP contribution is 2.14. The second-order valence-electron chi connectivity index (χ2n) is 4.70. The predicted octanol–water partition coefficient (Wildman–Crippen LogP) is 0.917. The molecule has 0 spiro atoms. The number of ether oxygens (including phenoxy) is 1. The van der Waals surface area contributed by atoms with Crippen LogP contribution in [-0.4, -0.2) is 29.9 Å². The summed E-state index contributed by atoms with van der Waals surface area (Å²) in [4.78, 5) is 27.6. The molecule has 0 aliphatic rings. The van der Waals surface area contributed by atoms with Crippen molar-refractivity contribution in [1.29, 1.82) is 0 Å². The van der Waals surface area contributed by atoms with E-state index in [4.69, 9.17) is 10.5 Å². The average Bonchev–Trinajstić information content (AvgIpc) is 2.55. The summed E-state index contributed by atoms with van der Waals surface area (Å²) in [5.41, 5.74) is 6.45. The third-order valence-corrected chi connectivity index (χ3v) is 3.12. The lowest BCUT2D eigenvalue weighted by Crippen LogP contribution is -2.46. The van der Waals surface area contributed by atoms with E-state index in [1.54, 1.807) is 37.4 Å². The zero-order chi connectivity index (χ0) is 15.9. The van der Waals surface area contributed by atoms with Crippen molar-refractivity contribution in [3.63, 3.8) is 0 Å². The molecule has 0 unspecified atom stereocenters. The molecule has 0 radical (unpaired) electrons. The number of aromatic nitrogens is 1. The average molecular weight is 299 g/mol. The normalized spacial score (nSPS) is 11.5. The van der Waals surface area contributed by atoms with Gasteiger partial charge in [-0.25, -0.2) is 0 Å². The van der Waals surface area contributed by atoms with Gasteiger partial charge in [-0.15, -0.1) is 0 Å². The highest BCUT2D eigenvalue weighted by atomic mass is 16.5. The summed E-state index contributed by atoms with van der Waals surface area (Å²) in [5.74, 6) is -0.365. The number of amides is 2. The van der Waals surface area contributed by atoms with E-state index in [1.807, 2.05) is 12.1 Å². The van der Waals surface area contributed by atoms with Gasteiger partial charge in [0.2, 0.25) is 5.91 Å². The summed E-state index contributed by atoms with van der Waals surface area (Å²) in [7, 11) is 1.56. The molecule has 1 aromatic carbocycles. The molecular formula is C16H17N3O3. The summed E-state index contributed by atoms with van der Waals surface area (Å²) >= 11 is 0. The smallest absolute Gasteiger partial charge is 0.270 e. The molecular weight excluding hydrogens is 282 g/mol. The standard InChI is InChI=1S/C16H17N3O3/c1-22-12-6-4-5-11(9-12)10-14(15(17)20)19-16(21)13-7-2-3-8-18-13/h2-9,14H,10H2,1H3,(H2,17,20)(H,19,21)/t14-/m1/s1. The van der Waals surface area contributed by atoms with Crippen molar-refractivity contribution in [2.75, 3.05) is 7.11 Å². The molecule has 0 aliphatic carbocycles. The van der Waals surface area contributed by atoms with Crippen LogP contribution in [0.5, 0.6) is 5.75 Å². The largest absolute Gasteiger partial charge is 0.497 e. The van der Waals surface area contributed by atoms with E-state index in [9.17, 15) is 9.59 Å². The third-order valence-electron chi connectivity index (χ3n) is 3.12. The van der Waals surface area contributed by atoms with Crippen molar-refractivity contribution in [2.45, 2.75) is 12.5 Å². The van der Waals surface area contributed by atoms with Gasteiger partial charge < -0.3 is 15.8 Å². The lowest BCUT2D eigenvalue weighted by atomic mass is 10.0. The van der Waals surface area contributed by atoms with Crippen LogP contribution in [0.2, 0.25) is 0 Å².